The van der Waals surface area contributed by atoms with Crippen LogP contribution >= 0.6 is 0 Å². The molecule has 2 saturated heterocycles. The fourth-order valence-corrected chi connectivity index (χ4v) is 6.69. The van der Waals surface area contributed by atoms with Crippen LogP contribution in [-0.4, -0.2) is 74.2 Å². The number of aromatic nitrogens is 3. The fourth-order valence-electron chi connectivity index (χ4n) is 5.53. The molecule has 0 spiro atoms. The maximum absolute atomic E-state index is 11.8. The van der Waals surface area contributed by atoms with Crippen molar-refractivity contribution < 1.29 is 17.3 Å². The van der Waals surface area contributed by atoms with Gasteiger partial charge in [-0.05, 0) is 54.8 Å². The van der Waals surface area contributed by atoms with Gasteiger partial charge < -0.3 is 19.9 Å². The molecular formula is C28H38N6O3S. The first kappa shape index (κ1) is 23.0. The number of hydrogen-bond acceptors (Lipinski definition) is 9. The minimum absolute atomic E-state index is 0.116. The lowest BCUT2D eigenvalue weighted by Crippen LogP contribution is -2.57. The number of ether oxygens (including phenoxy) is 1. The van der Waals surface area contributed by atoms with Crippen molar-refractivity contribution in [2.45, 2.75) is 51.7 Å². The van der Waals surface area contributed by atoms with E-state index >= 15 is 0 Å². The third kappa shape index (κ3) is 5.56. The lowest BCUT2D eigenvalue weighted by Gasteiger charge is -2.48. The minimum atomic E-state index is -3.02. The number of fused-ring (bicyclic) bond motifs is 1. The molecule has 10 heteroatoms. The van der Waals surface area contributed by atoms with Gasteiger partial charge in [0.1, 0.15) is 21.5 Å². The highest BCUT2D eigenvalue weighted by Crippen LogP contribution is 2.39. The Bertz CT molecular complexity index is 1510. The Morgan fingerprint density at radius 2 is 1.95 bits per heavy atom. The van der Waals surface area contributed by atoms with Gasteiger partial charge in [0.05, 0.1) is 16.0 Å². The maximum atomic E-state index is 11.8. The standard InChI is InChI=1S/C28H38N6O3S/c1-18(2)22-6-7-25(34-16-20(19(34)3)17-38(5,35)36)24-15-30-27(14-23(22)24)31-26-8-11-29-28(32-26)33-12-9-21(37-4)10-13-33/h6-8,11,14-15,18-21H,9-10,12-13,16-17H2,1-5H3,(H,29,30,31,32)/t19-,20-/m1/s1/i4D3. The summed E-state index contributed by atoms with van der Waals surface area (Å²) in [4.78, 5) is 18.1. The molecule has 4 heterocycles. The topological polar surface area (TPSA) is 101 Å². The van der Waals surface area contributed by atoms with E-state index in [-0.39, 0.29) is 23.8 Å². The summed E-state index contributed by atoms with van der Waals surface area (Å²) >= 11 is 0. The molecule has 2 aromatic heterocycles. The van der Waals surface area contributed by atoms with Crippen LogP contribution in [-0.2, 0) is 14.6 Å². The van der Waals surface area contributed by atoms with E-state index in [0.717, 1.165) is 16.5 Å². The molecule has 204 valence electrons. The smallest absolute Gasteiger partial charge is 0.227 e. The number of pyridine rings is 1. The van der Waals surface area contributed by atoms with Crippen molar-refractivity contribution in [2.24, 2.45) is 5.92 Å². The van der Waals surface area contributed by atoms with Crippen molar-refractivity contribution >= 4 is 43.9 Å². The largest absolute Gasteiger partial charge is 0.381 e. The van der Waals surface area contributed by atoms with Gasteiger partial charge in [0, 0.05) is 68.4 Å². The average molecular weight is 542 g/mol. The second-order valence-corrected chi connectivity index (χ2v) is 13.0. The zero-order valence-electron chi connectivity index (χ0n) is 25.4. The number of nitrogens with zero attached hydrogens (tertiary/aromatic N) is 5. The highest BCUT2D eigenvalue weighted by molar-refractivity contribution is 7.90. The molecule has 5 rings (SSSR count). The number of piperidine rings is 1. The lowest BCUT2D eigenvalue weighted by molar-refractivity contribution is 0.0816. The average Bonchev–Trinajstić information content (AvgIpc) is 2.89. The van der Waals surface area contributed by atoms with Crippen molar-refractivity contribution in [1.82, 2.24) is 15.0 Å². The lowest BCUT2D eigenvalue weighted by atomic mass is 9.88. The number of nitrogens with one attached hydrogen (secondary N) is 1. The molecule has 3 aromatic rings. The van der Waals surface area contributed by atoms with Crippen molar-refractivity contribution in [3.8, 4) is 0 Å². The van der Waals surface area contributed by atoms with Crippen molar-refractivity contribution in [1.29, 1.82) is 0 Å². The van der Waals surface area contributed by atoms with Crippen LogP contribution in [0, 0.1) is 5.92 Å². The summed E-state index contributed by atoms with van der Waals surface area (Å²) in [6.45, 7) is 8.34. The molecule has 0 saturated carbocycles. The summed E-state index contributed by atoms with van der Waals surface area (Å²) in [6, 6.07) is 8.25. The molecule has 2 aliphatic rings. The van der Waals surface area contributed by atoms with Gasteiger partial charge in [-0.25, -0.2) is 18.4 Å². The van der Waals surface area contributed by atoms with Gasteiger partial charge >= 0.3 is 0 Å². The molecule has 1 N–H and O–H groups in total. The summed E-state index contributed by atoms with van der Waals surface area (Å²) < 4.78 is 50.9. The van der Waals surface area contributed by atoms with E-state index in [9.17, 15) is 8.42 Å². The Balaban J connectivity index is 1.34. The molecule has 0 bridgehead atoms. The van der Waals surface area contributed by atoms with Crippen LogP contribution in [0.5, 0.6) is 0 Å². The van der Waals surface area contributed by atoms with Gasteiger partial charge in [-0.3, -0.25) is 0 Å². The molecular weight excluding hydrogens is 500 g/mol. The molecule has 2 aliphatic heterocycles. The SMILES string of the molecule is [2H]C([2H])([2H])OC1CCN(c2nccc(Nc3cc4c(C(C)C)ccc(N5C[C@H](CS(C)(=O)=O)[C@H]5C)c4cn3)n2)CC1. The quantitative estimate of drug-likeness (QED) is 0.445. The number of methoxy groups -OCH3 is 1. The van der Waals surface area contributed by atoms with E-state index in [0.29, 0.717) is 56.0 Å². The normalized spacial score (nSPS) is 22.2. The Kier molecular flexibility index (Phi) is 6.43. The van der Waals surface area contributed by atoms with Gasteiger partial charge in [0.25, 0.3) is 0 Å². The summed E-state index contributed by atoms with van der Waals surface area (Å²) in [7, 11) is -5.41. The minimum Gasteiger partial charge on any atom is -0.381 e. The Morgan fingerprint density at radius 1 is 1.16 bits per heavy atom. The van der Waals surface area contributed by atoms with Crippen molar-refractivity contribution in [2.75, 3.05) is 53.8 Å². The van der Waals surface area contributed by atoms with E-state index in [2.05, 4.69) is 48.1 Å². The number of sulfone groups is 1. The van der Waals surface area contributed by atoms with E-state index < -0.39 is 16.9 Å². The zero-order chi connectivity index (χ0) is 29.5. The van der Waals surface area contributed by atoms with E-state index in [1.807, 2.05) is 17.2 Å². The van der Waals surface area contributed by atoms with Crippen LogP contribution in [0.4, 0.5) is 23.3 Å². The first-order valence-electron chi connectivity index (χ1n) is 14.7. The van der Waals surface area contributed by atoms with E-state index in [1.165, 1.54) is 11.8 Å². The van der Waals surface area contributed by atoms with Crippen LogP contribution in [0.25, 0.3) is 10.8 Å². The Morgan fingerprint density at radius 3 is 2.63 bits per heavy atom. The maximum Gasteiger partial charge on any atom is 0.227 e. The molecule has 0 amide bonds. The van der Waals surface area contributed by atoms with Gasteiger partial charge in [0.2, 0.25) is 5.95 Å². The van der Waals surface area contributed by atoms with Crippen molar-refractivity contribution in [3.05, 3.63) is 42.2 Å². The Labute approximate surface area is 229 Å². The summed E-state index contributed by atoms with van der Waals surface area (Å²) in [5.41, 5.74) is 2.27. The molecule has 2 atom stereocenters. The van der Waals surface area contributed by atoms with Crippen LogP contribution in [0.3, 0.4) is 0 Å². The number of anilines is 4. The van der Waals surface area contributed by atoms with Crippen LogP contribution in [0.15, 0.2) is 36.7 Å². The second kappa shape index (κ2) is 10.6. The summed E-state index contributed by atoms with van der Waals surface area (Å²) in [5, 5.41) is 5.47. The highest BCUT2D eigenvalue weighted by Gasteiger charge is 2.38. The van der Waals surface area contributed by atoms with Crippen LogP contribution < -0.4 is 15.1 Å². The monoisotopic (exact) mass is 541 g/mol. The Hall–Kier alpha value is -2.98. The molecule has 0 unspecified atom stereocenters. The zero-order valence-corrected chi connectivity index (χ0v) is 23.2. The van der Waals surface area contributed by atoms with Gasteiger partial charge in [-0.1, -0.05) is 19.9 Å². The van der Waals surface area contributed by atoms with E-state index in [1.54, 1.807) is 12.3 Å². The predicted molar refractivity (Wildman–Crippen MR) is 153 cm³/mol. The molecule has 38 heavy (non-hydrogen) atoms. The molecule has 0 radical (unpaired) electrons. The molecule has 9 nitrogen and oxygen atoms in total. The van der Waals surface area contributed by atoms with Gasteiger partial charge in [0.15, 0.2) is 0 Å². The third-order valence-corrected chi connectivity index (χ3v) is 8.79. The van der Waals surface area contributed by atoms with E-state index in [4.69, 9.17) is 18.8 Å². The number of hydrogen-bond donors (Lipinski definition) is 1. The highest BCUT2D eigenvalue weighted by atomic mass is 32.2. The van der Waals surface area contributed by atoms with Gasteiger partial charge in [-0.2, -0.15) is 4.98 Å². The first-order chi connectivity index (χ1) is 19.3. The van der Waals surface area contributed by atoms with Crippen molar-refractivity contribution in [3.63, 3.8) is 0 Å². The van der Waals surface area contributed by atoms with Crippen LogP contribution in [0.1, 0.15) is 49.2 Å². The summed E-state index contributed by atoms with van der Waals surface area (Å²) in [6.07, 6.45) is 5.77. The second-order valence-electron chi connectivity index (χ2n) is 10.9. The molecule has 1 aromatic carbocycles. The molecule has 0 aliphatic carbocycles. The first-order valence-corrected chi connectivity index (χ1v) is 15.2. The summed E-state index contributed by atoms with van der Waals surface area (Å²) in [5.74, 6) is 2.47. The third-order valence-electron chi connectivity index (χ3n) is 7.76. The predicted octanol–water partition coefficient (Wildman–Crippen LogP) is 4.38. The van der Waals surface area contributed by atoms with Crippen LogP contribution in [0.2, 0.25) is 0 Å². The fraction of sp³-hybridized carbons (Fsp3) is 0.536. The number of benzene rings is 1. The molecule has 2 fully saturated rings. The number of rotatable bonds is 8. The van der Waals surface area contributed by atoms with Gasteiger partial charge in [-0.15, -0.1) is 0 Å².